The lowest BCUT2D eigenvalue weighted by atomic mass is 9.88. The molecular weight excluding hydrogens is 613 g/mol. The Morgan fingerprint density at radius 1 is 0.979 bits per heavy atom. The Labute approximate surface area is 281 Å². The van der Waals surface area contributed by atoms with Gasteiger partial charge in [-0.1, -0.05) is 24.1 Å². The van der Waals surface area contributed by atoms with Gasteiger partial charge >= 0.3 is 6.09 Å². The van der Waals surface area contributed by atoms with Crippen LogP contribution in [0.5, 0.6) is 17.2 Å². The number of methoxy groups -OCH3 is 2. The summed E-state index contributed by atoms with van der Waals surface area (Å²) in [5.41, 5.74) is 4.73. The van der Waals surface area contributed by atoms with E-state index in [0.717, 1.165) is 48.3 Å². The molecule has 1 unspecified atom stereocenters. The Morgan fingerprint density at radius 2 is 1.67 bits per heavy atom. The lowest BCUT2D eigenvalue weighted by Crippen LogP contribution is -2.36. The van der Waals surface area contributed by atoms with Crippen LogP contribution in [0.3, 0.4) is 0 Å². The van der Waals surface area contributed by atoms with E-state index in [0.29, 0.717) is 29.4 Å². The van der Waals surface area contributed by atoms with Crippen LogP contribution in [0.1, 0.15) is 59.5 Å². The molecule has 10 nitrogen and oxygen atoms in total. The molecule has 0 aliphatic carbocycles. The summed E-state index contributed by atoms with van der Waals surface area (Å²) in [5.74, 6) is 0.921. The van der Waals surface area contributed by atoms with Crippen molar-refractivity contribution in [3.05, 3.63) is 94.4 Å². The minimum atomic E-state index is -1.22. The van der Waals surface area contributed by atoms with E-state index in [1.807, 2.05) is 32.9 Å². The number of ether oxygens (including phenoxy) is 3. The number of nitrogens with one attached hydrogen (secondary N) is 1. The first-order valence-electron chi connectivity index (χ1n) is 16.2. The second kappa shape index (κ2) is 15.8. The molecule has 0 spiro atoms. The van der Waals surface area contributed by atoms with Gasteiger partial charge in [0.15, 0.2) is 11.6 Å². The smallest absolute Gasteiger partial charge is 0.413 e. The molecule has 1 fully saturated rings. The summed E-state index contributed by atoms with van der Waals surface area (Å²) in [6.07, 6.45) is 4.82. The standard InChI is InChI=1S/C37H44FN5O5/c1-24-18-25(2)34(26(3)19-24)35(27-20-29(46-4)23-30(21-27)47-5)43(37(44)45)33-12-13-39-36(41-33)40-28-10-11-32(31(38)22-28)48-17-9-16-42-14-7-6-8-15-42/h10-13,18-23,35H,6-9,14-17H2,1-5H3,(H,44,45)(H,39,40,41). The second-order valence-electron chi connectivity index (χ2n) is 12.1. The third-order valence-electron chi connectivity index (χ3n) is 8.57. The number of hydrogen-bond donors (Lipinski definition) is 2. The summed E-state index contributed by atoms with van der Waals surface area (Å²) in [7, 11) is 3.09. The number of benzene rings is 3. The number of piperidine rings is 1. The molecule has 1 aromatic heterocycles. The second-order valence-corrected chi connectivity index (χ2v) is 12.1. The van der Waals surface area contributed by atoms with Crippen LogP contribution in [0.2, 0.25) is 0 Å². The number of halogens is 1. The number of nitrogens with zero attached hydrogens (tertiary/aromatic N) is 4. The number of carbonyl (C=O) groups is 1. The topological polar surface area (TPSA) is 109 Å². The van der Waals surface area contributed by atoms with Crippen molar-refractivity contribution in [1.29, 1.82) is 0 Å². The van der Waals surface area contributed by atoms with Crippen molar-refractivity contribution in [3.8, 4) is 17.2 Å². The Kier molecular flexibility index (Phi) is 11.3. The largest absolute Gasteiger partial charge is 0.497 e. The fourth-order valence-electron chi connectivity index (χ4n) is 6.42. The minimum Gasteiger partial charge on any atom is -0.497 e. The van der Waals surface area contributed by atoms with Gasteiger partial charge in [-0.15, -0.1) is 0 Å². The van der Waals surface area contributed by atoms with Crippen LogP contribution in [0.25, 0.3) is 0 Å². The van der Waals surface area contributed by atoms with Crippen molar-refractivity contribution < 1.29 is 28.5 Å². The van der Waals surface area contributed by atoms with Crippen LogP contribution in [-0.2, 0) is 0 Å². The van der Waals surface area contributed by atoms with E-state index in [1.54, 1.807) is 44.6 Å². The molecule has 3 aromatic carbocycles. The summed E-state index contributed by atoms with van der Waals surface area (Å²) in [5, 5.41) is 13.8. The van der Waals surface area contributed by atoms with Crippen LogP contribution < -0.4 is 24.4 Å². The normalized spacial score (nSPS) is 13.9. The van der Waals surface area contributed by atoms with Gasteiger partial charge in [0, 0.05) is 30.6 Å². The fraction of sp³-hybridized carbons (Fsp3) is 0.378. The fourth-order valence-corrected chi connectivity index (χ4v) is 6.42. The molecule has 4 aromatic rings. The van der Waals surface area contributed by atoms with Crippen LogP contribution in [0.15, 0.2) is 60.8 Å². The van der Waals surface area contributed by atoms with Crippen molar-refractivity contribution >= 4 is 23.5 Å². The predicted octanol–water partition coefficient (Wildman–Crippen LogP) is 7.83. The van der Waals surface area contributed by atoms with Gasteiger partial charge in [0.1, 0.15) is 17.3 Å². The number of aryl methyl sites for hydroxylation is 3. The van der Waals surface area contributed by atoms with Gasteiger partial charge in [-0.25, -0.2) is 19.1 Å². The van der Waals surface area contributed by atoms with Crippen molar-refractivity contribution in [1.82, 2.24) is 14.9 Å². The first-order chi connectivity index (χ1) is 23.2. The zero-order chi connectivity index (χ0) is 34.2. The summed E-state index contributed by atoms with van der Waals surface area (Å²) in [6, 6.07) is 14.6. The maximum Gasteiger partial charge on any atom is 0.413 e. The molecule has 48 heavy (non-hydrogen) atoms. The van der Waals surface area contributed by atoms with Crippen molar-refractivity contribution in [3.63, 3.8) is 0 Å². The SMILES string of the molecule is COc1cc(OC)cc(C(c2c(C)cc(C)cc2C)N(C(=O)O)c2ccnc(Nc3ccc(OCCCN4CCCCC4)c(F)c3)n2)c1. The van der Waals surface area contributed by atoms with Crippen molar-refractivity contribution in [2.75, 3.05) is 50.7 Å². The number of hydrogen-bond acceptors (Lipinski definition) is 8. The zero-order valence-electron chi connectivity index (χ0n) is 28.3. The molecule has 1 saturated heterocycles. The average molecular weight is 658 g/mol. The van der Waals surface area contributed by atoms with Crippen LogP contribution >= 0.6 is 0 Å². The van der Waals surface area contributed by atoms with E-state index < -0.39 is 18.0 Å². The van der Waals surface area contributed by atoms with E-state index in [1.165, 1.54) is 42.5 Å². The zero-order valence-corrected chi connectivity index (χ0v) is 28.3. The van der Waals surface area contributed by atoms with Gasteiger partial charge in [-0.3, -0.25) is 0 Å². The Balaban J connectivity index is 1.42. The molecule has 1 atom stereocenters. The number of aromatic nitrogens is 2. The number of carboxylic acid groups (broad SMARTS) is 1. The minimum absolute atomic E-state index is 0.104. The highest BCUT2D eigenvalue weighted by Gasteiger charge is 2.33. The van der Waals surface area contributed by atoms with Crippen LogP contribution in [0.4, 0.5) is 26.6 Å². The van der Waals surface area contributed by atoms with Gasteiger partial charge in [0.25, 0.3) is 0 Å². The van der Waals surface area contributed by atoms with Gasteiger partial charge in [0.2, 0.25) is 5.95 Å². The molecule has 5 rings (SSSR count). The van der Waals surface area contributed by atoms with E-state index in [-0.39, 0.29) is 17.5 Å². The van der Waals surface area contributed by atoms with Gasteiger partial charge < -0.3 is 29.5 Å². The molecule has 0 bridgehead atoms. The third-order valence-corrected chi connectivity index (χ3v) is 8.57. The van der Waals surface area contributed by atoms with E-state index in [4.69, 9.17) is 14.2 Å². The lowest BCUT2D eigenvalue weighted by Gasteiger charge is -2.32. The van der Waals surface area contributed by atoms with E-state index in [9.17, 15) is 9.90 Å². The number of rotatable bonds is 13. The van der Waals surface area contributed by atoms with E-state index >= 15 is 4.39 Å². The van der Waals surface area contributed by atoms with Crippen molar-refractivity contribution in [2.24, 2.45) is 0 Å². The summed E-state index contributed by atoms with van der Waals surface area (Å²) >= 11 is 0. The maximum atomic E-state index is 15.0. The lowest BCUT2D eigenvalue weighted by molar-refractivity contribution is 0.199. The number of likely N-dealkylation sites (tertiary alicyclic amines) is 1. The Morgan fingerprint density at radius 3 is 2.29 bits per heavy atom. The summed E-state index contributed by atoms with van der Waals surface area (Å²) in [4.78, 5) is 25.7. The number of anilines is 3. The molecular formula is C37H44FN5O5. The molecule has 2 N–H and O–H groups in total. The van der Waals surface area contributed by atoms with Crippen LogP contribution in [-0.4, -0.2) is 66.5 Å². The Bertz CT molecular complexity index is 1680. The number of amides is 1. The third kappa shape index (κ3) is 8.32. The highest BCUT2D eigenvalue weighted by atomic mass is 19.1. The quantitative estimate of drug-likeness (QED) is 0.139. The highest BCUT2D eigenvalue weighted by Crippen LogP contribution is 2.39. The summed E-state index contributed by atoms with van der Waals surface area (Å²) in [6.45, 7) is 9.53. The molecule has 1 aliphatic heterocycles. The van der Waals surface area contributed by atoms with E-state index in [2.05, 4.69) is 20.2 Å². The highest BCUT2D eigenvalue weighted by molar-refractivity contribution is 5.87. The monoisotopic (exact) mass is 657 g/mol. The molecule has 2 heterocycles. The van der Waals surface area contributed by atoms with Gasteiger partial charge in [-0.2, -0.15) is 4.98 Å². The van der Waals surface area contributed by atoms with Crippen LogP contribution in [0, 0.1) is 26.6 Å². The first-order valence-corrected chi connectivity index (χ1v) is 16.2. The summed E-state index contributed by atoms with van der Waals surface area (Å²) < 4.78 is 31.8. The molecule has 1 aliphatic rings. The maximum absolute atomic E-state index is 15.0. The molecule has 1 amide bonds. The molecule has 0 radical (unpaired) electrons. The van der Waals surface area contributed by atoms with Crippen molar-refractivity contribution in [2.45, 2.75) is 52.5 Å². The Hall–Kier alpha value is -4.90. The predicted molar refractivity (Wildman–Crippen MR) is 185 cm³/mol. The first kappa shape index (κ1) is 34.4. The molecule has 11 heteroatoms. The average Bonchev–Trinajstić information content (AvgIpc) is 3.06. The molecule has 254 valence electrons. The molecule has 0 saturated carbocycles. The van der Waals surface area contributed by atoms with Gasteiger partial charge in [-0.05, 0) is 106 Å². The van der Waals surface area contributed by atoms with Gasteiger partial charge in [0.05, 0.1) is 26.9 Å².